The molecule has 0 unspecified atom stereocenters. The molecule has 0 radical (unpaired) electrons. The molecule has 0 bridgehead atoms. The lowest BCUT2D eigenvalue weighted by Gasteiger charge is -2.37. The van der Waals surface area contributed by atoms with E-state index in [2.05, 4.69) is 64.2 Å². The Morgan fingerprint density at radius 3 is 1.55 bits per heavy atom. The van der Waals surface area contributed by atoms with Crippen LogP contribution < -0.4 is 4.43 Å². The molecule has 31 heavy (non-hydrogen) atoms. The zero-order chi connectivity index (χ0) is 22.2. The van der Waals surface area contributed by atoms with E-state index < -0.39 is 8.32 Å². The maximum atomic E-state index is 11.7. The van der Waals surface area contributed by atoms with Crippen molar-refractivity contribution >= 4 is 19.1 Å². The van der Waals surface area contributed by atoms with Gasteiger partial charge in [0.15, 0.2) is 11.5 Å². The standard InChI is InChI=1S/C28H30O2Si/c1-28(2,3)31(4,5)30-27-25(21-16-10-7-11-17-21)23-19-13-12-18-22(23)24(26(27)29)20-14-8-6-9-15-20/h6-19,29H,1-5H3. The highest BCUT2D eigenvalue weighted by molar-refractivity contribution is 6.74. The fourth-order valence-electron chi connectivity index (χ4n) is 3.70. The minimum atomic E-state index is -2.21. The van der Waals surface area contributed by atoms with Gasteiger partial charge < -0.3 is 9.53 Å². The van der Waals surface area contributed by atoms with Gasteiger partial charge in [0.1, 0.15) is 0 Å². The molecule has 0 aliphatic carbocycles. The number of hydrogen-bond acceptors (Lipinski definition) is 2. The van der Waals surface area contributed by atoms with Gasteiger partial charge >= 0.3 is 0 Å². The summed E-state index contributed by atoms with van der Waals surface area (Å²) < 4.78 is 6.84. The predicted octanol–water partition coefficient (Wildman–Crippen LogP) is 8.26. The Bertz CT molecular complexity index is 1210. The highest BCUT2D eigenvalue weighted by Gasteiger charge is 2.40. The third kappa shape index (κ3) is 3.86. The number of hydrogen-bond donors (Lipinski definition) is 1. The minimum absolute atomic E-state index is 0.00591. The molecule has 0 saturated carbocycles. The van der Waals surface area contributed by atoms with Crippen LogP contribution in [0.15, 0.2) is 84.9 Å². The van der Waals surface area contributed by atoms with E-state index in [0.29, 0.717) is 5.75 Å². The monoisotopic (exact) mass is 426 g/mol. The molecule has 0 aromatic heterocycles. The van der Waals surface area contributed by atoms with E-state index in [9.17, 15) is 5.11 Å². The second-order valence-electron chi connectivity index (χ2n) is 9.57. The molecule has 4 aromatic rings. The number of aromatic hydroxyl groups is 1. The summed E-state index contributed by atoms with van der Waals surface area (Å²) in [6.07, 6.45) is 0. The second-order valence-corrected chi connectivity index (χ2v) is 14.3. The summed E-state index contributed by atoms with van der Waals surface area (Å²) in [6, 6.07) is 28.6. The van der Waals surface area contributed by atoms with E-state index in [4.69, 9.17) is 4.43 Å². The van der Waals surface area contributed by atoms with Crippen LogP contribution in [0.2, 0.25) is 18.1 Å². The quantitative estimate of drug-likeness (QED) is 0.333. The lowest BCUT2D eigenvalue weighted by Crippen LogP contribution is -2.44. The van der Waals surface area contributed by atoms with Gasteiger partial charge in [0.05, 0.1) is 0 Å². The zero-order valence-electron chi connectivity index (χ0n) is 18.9. The first-order valence-electron chi connectivity index (χ1n) is 10.8. The van der Waals surface area contributed by atoms with Crippen LogP contribution in [-0.2, 0) is 0 Å². The van der Waals surface area contributed by atoms with Crippen molar-refractivity contribution in [3.63, 3.8) is 0 Å². The maximum absolute atomic E-state index is 11.7. The van der Waals surface area contributed by atoms with Crippen molar-refractivity contribution in [2.45, 2.75) is 38.9 Å². The molecular formula is C28H30O2Si. The van der Waals surface area contributed by atoms with Gasteiger partial charge in [0.25, 0.3) is 8.32 Å². The molecule has 0 saturated heterocycles. The predicted molar refractivity (Wildman–Crippen MR) is 134 cm³/mol. The van der Waals surface area contributed by atoms with Gasteiger partial charge in [0.2, 0.25) is 0 Å². The smallest absolute Gasteiger partial charge is 0.250 e. The second kappa shape index (κ2) is 7.90. The Labute approximate surface area is 186 Å². The van der Waals surface area contributed by atoms with E-state index in [1.807, 2.05) is 54.6 Å². The van der Waals surface area contributed by atoms with Crippen molar-refractivity contribution in [1.29, 1.82) is 0 Å². The first-order chi connectivity index (χ1) is 14.7. The molecule has 0 spiro atoms. The lowest BCUT2D eigenvalue weighted by atomic mass is 9.90. The maximum Gasteiger partial charge on any atom is 0.250 e. The van der Waals surface area contributed by atoms with E-state index in [0.717, 1.165) is 33.0 Å². The van der Waals surface area contributed by atoms with Gasteiger partial charge in [-0.2, -0.15) is 0 Å². The van der Waals surface area contributed by atoms with Crippen LogP contribution >= 0.6 is 0 Å². The molecule has 0 aliphatic rings. The molecule has 1 N–H and O–H groups in total. The average molecular weight is 427 g/mol. The molecule has 0 amide bonds. The molecule has 0 fully saturated rings. The molecule has 4 aromatic carbocycles. The fraction of sp³-hybridized carbons (Fsp3) is 0.214. The highest BCUT2D eigenvalue weighted by Crippen LogP contribution is 2.52. The molecule has 4 rings (SSSR count). The van der Waals surface area contributed by atoms with Gasteiger partial charge in [-0.1, -0.05) is 106 Å². The van der Waals surface area contributed by atoms with E-state index >= 15 is 0 Å². The normalized spacial score (nSPS) is 12.2. The number of phenols is 1. The van der Waals surface area contributed by atoms with E-state index in [-0.39, 0.29) is 10.8 Å². The Morgan fingerprint density at radius 2 is 1.06 bits per heavy atom. The van der Waals surface area contributed by atoms with Crippen LogP contribution in [0, 0.1) is 0 Å². The van der Waals surface area contributed by atoms with Crippen molar-refractivity contribution in [3.8, 4) is 33.8 Å². The van der Waals surface area contributed by atoms with Gasteiger partial charge in [-0.15, -0.1) is 0 Å². The van der Waals surface area contributed by atoms with Crippen molar-refractivity contribution in [2.75, 3.05) is 0 Å². The summed E-state index contributed by atoms with van der Waals surface area (Å²) in [4.78, 5) is 0. The van der Waals surface area contributed by atoms with Gasteiger partial charge in [-0.25, -0.2) is 0 Å². The number of phenolic OH excluding ortho intramolecular Hbond substituents is 1. The van der Waals surface area contributed by atoms with Gasteiger partial charge in [0, 0.05) is 11.1 Å². The Hall–Kier alpha value is -3.04. The molecule has 2 nitrogen and oxygen atoms in total. The van der Waals surface area contributed by atoms with Crippen molar-refractivity contribution < 1.29 is 9.53 Å². The van der Waals surface area contributed by atoms with Gasteiger partial charge in [-0.05, 0) is 40.0 Å². The van der Waals surface area contributed by atoms with Crippen LogP contribution in [0.25, 0.3) is 33.0 Å². The number of rotatable bonds is 4. The Morgan fingerprint density at radius 1 is 0.645 bits per heavy atom. The summed E-state index contributed by atoms with van der Waals surface area (Å²) in [5.41, 5.74) is 3.81. The average Bonchev–Trinajstić information content (AvgIpc) is 2.75. The van der Waals surface area contributed by atoms with Crippen LogP contribution in [0.5, 0.6) is 11.5 Å². The van der Waals surface area contributed by atoms with Crippen LogP contribution in [0.1, 0.15) is 20.8 Å². The van der Waals surface area contributed by atoms with Crippen LogP contribution in [0.4, 0.5) is 0 Å². The molecular weight excluding hydrogens is 396 g/mol. The Balaban J connectivity index is 2.12. The zero-order valence-corrected chi connectivity index (χ0v) is 19.9. The van der Waals surface area contributed by atoms with E-state index in [1.165, 1.54) is 0 Å². The largest absolute Gasteiger partial charge is 0.541 e. The van der Waals surface area contributed by atoms with Crippen LogP contribution in [0.3, 0.4) is 0 Å². The first-order valence-corrected chi connectivity index (χ1v) is 13.7. The molecule has 0 heterocycles. The lowest BCUT2D eigenvalue weighted by molar-refractivity contribution is 0.425. The minimum Gasteiger partial charge on any atom is -0.541 e. The summed E-state index contributed by atoms with van der Waals surface area (Å²) in [5, 5.41) is 13.8. The van der Waals surface area contributed by atoms with Crippen molar-refractivity contribution in [1.82, 2.24) is 0 Å². The number of fused-ring (bicyclic) bond motifs is 1. The highest BCUT2D eigenvalue weighted by atomic mass is 28.4. The van der Waals surface area contributed by atoms with Crippen molar-refractivity contribution in [2.24, 2.45) is 0 Å². The topological polar surface area (TPSA) is 29.5 Å². The SMILES string of the molecule is CC(C)(C)[Si](C)(C)Oc1c(O)c(-c2ccccc2)c2ccccc2c1-c1ccccc1. The fourth-order valence-corrected chi connectivity index (χ4v) is 4.71. The number of benzene rings is 4. The molecule has 0 aliphatic heterocycles. The Kier molecular flexibility index (Phi) is 5.40. The van der Waals surface area contributed by atoms with E-state index in [1.54, 1.807) is 0 Å². The summed E-state index contributed by atoms with van der Waals surface area (Å²) in [7, 11) is -2.21. The van der Waals surface area contributed by atoms with Crippen molar-refractivity contribution in [3.05, 3.63) is 84.9 Å². The van der Waals surface area contributed by atoms with Crippen LogP contribution in [-0.4, -0.2) is 13.4 Å². The summed E-state index contributed by atoms with van der Waals surface area (Å²) in [6.45, 7) is 11.1. The summed E-state index contributed by atoms with van der Waals surface area (Å²) >= 11 is 0. The van der Waals surface area contributed by atoms with Gasteiger partial charge in [-0.3, -0.25) is 0 Å². The first kappa shape index (κ1) is 21.2. The molecule has 3 heteroatoms. The molecule has 158 valence electrons. The third-order valence-electron chi connectivity index (χ3n) is 6.43. The summed E-state index contributed by atoms with van der Waals surface area (Å²) in [5.74, 6) is 0.809. The molecule has 0 atom stereocenters. The third-order valence-corrected chi connectivity index (χ3v) is 10.8.